The molecule has 0 aliphatic heterocycles. The fraction of sp³-hybridized carbons (Fsp3) is 0.714. The zero-order chi connectivity index (χ0) is 9.40. The number of carbonyl (C=O) groups is 2. The topological polar surface area (TPSA) is 70.2 Å². The molecule has 70 valence electrons. The van der Waals surface area contributed by atoms with Gasteiger partial charge in [-0.1, -0.05) is 0 Å². The molecule has 3 N–H and O–H groups in total. The van der Waals surface area contributed by atoms with Crippen molar-refractivity contribution in [1.29, 1.82) is 0 Å². The van der Waals surface area contributed by atoms with Crippen LogP contribution < -0.4 is 16.0 Å². The van der Waals surface area contributed by atoms with Gasteiger partial charge in [-0.3, -0.25) is 9.59 Å². The molecule has 0 aromatic rings. The summed E-state index contributed by atoms with van der Waals surface area (Å²) in [5.41, 5.74) is 0. The Morgan fingerprint density at radius 1 is 1.25 bits per heavy atom. The van der Waals surface area contributed by atoms with Crippen LogP contribution >= 0.6 is 0 Å². The van der Waals surface area contributed by atoms with Gasteiger partial charge in [0.1, 0.15) is 0 Å². The number of hydrogen-bond donors (Lipinski definition) is 3. The number of likely N-dealkylation sites (N-methyl/N-ethyl adjacent to an activating group) is 1. The van der Waals surface area contributed by atoms with Crippen LogP contribution in [0.3, 0.4) is 0 Å². The van der Waals surface area contributed by atoms with Crippen molar-refractivity contribution in [3.63, 3.8) is 0 Å². The molecule has 0 saturated carbocycles. The summed E-state index contributed by atoms with van der Waals surface area (Å²) in [6.07, 6.45) is 0. The Kier molecular flexibility index (Phi) is 6.00. The third-order valence-corrected chi connectivity index (χ3v) is 1.24. The summed E-state index contributed by atoms with van der Waals surface area (Å²) in [5, 5.41) is 7.94. The molecule has 0 saturated heterocycles. The Hall–Kier alpha value is -1.10. The van der Waals surface area contributed by atoms with E-state index in [0.717, 1.165) is 0 Å². The molecule has 2 amide bonds. The third kappa shape index (κ3) is 7.01. The average Bonchev–Trinajstić information content (AvgIpc) is 2.03. The second kappa shape index (κ2) is 6.60. The fourth-order valence-electron chi connectivity index (χ4n) is 0.617. The van der Waals surface area contributed by atoms with Gasteiger partial charge in [0.25, 0.3) is 0 Å². The van der Waals surface area contributed by atoms with Crippen molar-refractivity contribution in [2.45, 2.75) is 6.92 Å². The monoisotopic (exact) mass is 173 g/mol. The molecule has 0 aliphatic rings. The maximum atomic E-state index is 10.6. The molecule has 0 atom stereocenters. The van der Waals surface area contributed by atoms with Crippen LogP contribution in [0.5, 0.6) is 0 Å². The third-order valence-electron chi connectivity index (χ3n) is 1.24. The molecular weight excluding hydrogens is 158 g/mol. The quantitative estimate of drug-likeness (QED) is 0.441. The maximum Gasteiger partial charge on any atom is 0.233 e. The Morgan fingerprint density at radius 2 is 1.92 bits per heavy atom. The van der Waals surface area contributed by atoms with Gasteiger partial charge in [0.2, 0.25) is 11.8 Å². The minimum atomic E-state index is -0.0586. The van der Waals surface area contributed by atoms with Crippen LogP contribution in [-0.4, -0.2) is 38.5 Å². The second-order valence-electron chi connectivity index (χ2n) is 2.33. The van der Waals surface area contributed by atoms with E-state index in [-0.39, 0.29) is 18.4 Å². The SMILES string of the molecule is CNC(=O)CNCCNC(C)=O. The Bertz CT molecular complexity index is 159. The van der Waals surface area contributed by atoms with Crippen LogP contribution in [0, 0.1) is 0 Å². The van der Waals surface area contributed by atoms with Crippen LogP contribution in [0.2, 0.25) is 0 Å². The summed E-state index contributed by atoms with van der Waals surface area (Å²) in [6, 6.07) is 0. The van der Waals surface area contributed by atoms with Crippen molar-refractivity contribution in [3.05, 3.63) is 0 Å². The van der Waals surface area contributed by atoms with Gasteiger partial charge in [-0.2, -0.15) is 0 Å². The summed E-state index contributed by atoms with van der Waals surface area (Å²) in [5.74, 6) is -0.116. The Balaban J connectivity index is 3.11. The van der Waals surface area contributed by atoms with Gasteiger partial charge in [-0.15, -0.1) is 0 Å². The Labute approximate surface area is 71.9 Å². The van der Waals surface area contributed by atoms with Gasteiger partial charge in [0, 0.05) is 27.1 Å². The first-order chi connectivity index (χ1) is 5.66. The smallest absolute Gasteiger partial charge is 0.233 e. The average molecular weight is 173 g/mol. The molecule has 0 fully saturated rings. The summed E-state index contributed by atoms with van der Waals surface area (Å²) in [7, 11) is 1.58. The molecule has 0 bridgehead atoms. The number of amides is 2. The van der Waals surface area contributed by atoms with E-state index in [2.05, 4.69) is 16.0 Å². The van der Waals surface area contributed by atoms with Gasteiger partial charge < -0.3 is 16.0 Å². The van der Waals surface area contributed by atoms with Crippen molar-refractivity contribution < 1.29 is 9.59 Å². The lowest BCUT2D eigenvalue weighted by molar-refractivity contribution is -0.119. The molecule has 0 rings (SSSR count). The minimum absolute atomic E-state index is 0.0576. The molecule has 0 radical (unpaired) electrons. The van der Waals surface area contributed by atoms with Crippen molar-refractivity contribution in [2.24, 2.45) is 0 Å². The van der Waals surface area contributed by atoms with Crippen molar-refractivity contribution >= 4 is 11.8 Å². The van der Waals surface area contributed by atoms with E-state index >= 15 is 0 Å². The minimum Gasteiger partial charge on any atom is -0.358 e. The van der Waals surface area contributed by atoms with E-state index in [0.29, 0.717) is 13.1 Å². The number of hydrogen-bond acceptors (Lipinski definition) is 3. The standard InChI is InChI=1S/C7H15N3O2/c1-6(11)10-4-3-9-5-7(12)8-2/h9H,3-5H2,1-2H3,(H,8,12)(H,10,11). The first-order valence-electron chi connectivity index (χ1n) is 3.82. The van der Waals surface area contributed by atoms with Crippen LogP contribution in [0.1, 0.15) is 6.92 Å². The van der Waals surface area contributed by atoms with Crippen molar-refractivity contribution in [1.82, 2.24) is 16.0 Å². The van der Waals surface area contributed by atoms with Crippen LogP contribution in [0.25, 0.3) is 0 Å². The lowest BCUT2D eigenvalue weighted by atomic mass is 10.5. The fourth-order valence-corrected chi connectivity index (χ4v) is 0.617. The molecule has 5 heteroatoms. The second-order valence-corrected chi connectivity index (χ2v) is 2.33. The lowest BCUT2D eigenvalue weighted by Gasteiger charge is -2.03. The van der Waals surface area contributed by atoms with E-state index in [1.165, 1.54) is 6.92 Å². The molecule has 0 aromatic heterocycles. The van der Waals surface area contributed by atoms with E-state index < -0.39 is 0 Å². The lowest BCUT2D eigenvalue weighted by Crippen LogP contribution is -2.36. The highest BCUT2D eigenvalue weighted by Crippen LogP contribution is 1.63. The summed E-state index contributed by atoms with van der Waals surface area (Å²) >= 11 is 0. The first-order valence-corrected chi connectivity index (χ1v) is 3.82. The van der Waals surface area contributed by atoms with Gasteiger partial charge >= 0.3 is 0 Å². The normalized spacial score (nSPS) is 9.17. The zero-order valence-corrected chi connectivity index (χ0v) is 7.44. The molecule has 12 heavy (non-hydrogen) atoms. The summed E-state index contributed by atoms with van der Waals surface area (Å²) in [4.78, 5) is 21.0. The van der Waals surface area contributed by atoms with Gasteiger partial charge in [-0.25, -0.2) is 0 Å². The van der Waals surface area contributed by atoms with Gasteiger partial charge in [0.05, 0.1) is 6.54 Å². The number of nitrogens with one attached hydrogen (secondary N) is 3. The maximum absolute atomic E-state index is 10.6. The zero-order valence-electron chi connectivity index (χ0n) is 7.44. The highest BCUT2D eigenvalue weighted by atomic mass is 16.2. The predicted molar refractivity (Wildman–Crippen MR) is 45.6 cm³/mol. The van der Waals surface area contributed by atoms with Crippen LogP contribution in [0.15, 0.2) is 0 Å². The van der Waals surface area contributed by atoms with Crippen molar-refractivity contribution in [2.75, 3.05) is 26.7 Å². The number of carbonyl (C=O) groups excluding carboxylic acids is 2. The highest BCUT2D eigenvalue weighted by molar-refractivity contribution is 5.77. The van der Waals surface area contributed by atoms with E-state index in [9.17, 15) is 9.59 Å². The Morgan fingerprint density at radius 3 is 2.42 bits per heavy atom. The van der Waals surface area contributed by atoms with Gasteiger partial charge in [0.15, 0.2) is 0 Å². The molecule has 0 aromatic carbocycles. The van der Waals surface area contributed by atoms with Crippen molar-refractivity contribution in [3.8, 4) is 0 Å². The van der Waals surface area contributed by atoms with E-state index in [4.69, 9.17) is 0 Å². The van der Waals surface area contributed by atoms with Crippen LogP contribution in [0.4, 0.5) is 0 Å². The molecular formula is C7H15N3O2. The largest absolute Gasteiger partial charge is 0.358 e. The molecule has 5 nitrogen and oxygen atoms in total. The van der Waals surface area contributed by atoms with E-state index in [1.807, 2.05) is 0 Å². The van der Waals surface area contributed by atoms with Crippen LogP contribution in [-0.2, 0) is 9.59 Å². The molecule has 0 heterocycles. The molecule has 0 spiro atoms. The molecule has 0 unspecified atom stereocenters. The summed E-state index contributed by atoms with van der Waals surface area (Å²) in [6.45, 7) is 2.90. The predicted octanol–water partition coefficient (Wildman–Crippen LogP) is -1.54. The molecule has 0 aliphatic carbocycles. The highest BCUT2D eigenvalue weighted by Gasteiger charge is 1.95. The first kappa shape index (κ1) is 10.9. The van der Waals surface area contributed by atoms with E-state index in [1.54, 1.807) is 7.05 Å². The summed E-state index contributed by atoms with van der Waals surface area (Å²) < 4.78 is 0. The van der Waals surface area contributed by atoms with Gasteiger partial charge in [-0.05, 0) is 0 Å². The number of rotatable bonds is 5.